The van der Waals surface area contributed by atoms with Crippen molar-refractivity contribution in [2.45, 2.75) is 4.90 Å². The van der Waals surface area contributed by atoms with Gasteiger partial charge >= 0.3 is 5.97 Å². The fourth-order valence-electron chi connectivity index (χ4n) is 1.79. The SMILES string of the molecule is O=C(COC(=O)c1cccc(O)c1)NCCSc1ccc(Cl)cc1. The molecular formula is C17H16ClNO4S. The van der Waals surface area contributed by atoms with Gasteiger partial charge in [-0.15, -0.1) is 11.8 Å². The van der Waals surface area contributed by atoms with Crippen LogP contribution in [0, 0.1) is 0 Å². The van der Waals surface area contributed by atoms with Crippen molar-refractivity contribution in [2.24, 2.45) is 0 Å². The zero-order chi connectivity index (χ0) is 17.4. The second kappa shape index (κ2) is 9.20. The standard InChI is InChI=1S/C17H16ClNO4S/c18-13-4-6-15(7-5-13)24-9-8-19-16(21)11-23-17(22)12-2-1-3-14(20)10-12/h1-7,10,20H,8-9,11H2,(H,19,21). The Labute approximate surface area is 149 Å². The topological polar surface area (TPSA) is 75.6 Å². The molecule has 0 fully saturated rings. The molecule has 0 saturated carbocycles. The molecule has 0 atom stereocenters. The minimum Gasteiger partial charge on any atom is -0.508 e. The van der Waals surface area contributed by atoms with Gasteiger partial charge in [0.2, 0.25) is 0 Å². The number of hydrogen-bond donors (Lipinski definition) is 2. The smallest absolute Gasteiger partial charge is 0.338 e. The monoisotopic (exact) mass is 365 g/mol. The first-order valence-electron chi connectivity index (χ1n) is 7.16. The molecule has 24 heavy (non-hydrogen) atoms. The quantitative estimate of drug-likeness (QED) is 0.448. The van der Waals surface area contributed by atoms with Crippen molar-refractivity contribution in [2.75, 3.05) is 18.9 Å². The summed E-state index contributed by atoms with van der Waals surface area (Å²) >= 11 is 7.39. The summed E-state index contributed by atoms with van der Waals surface area (Å²) in [4.78, 5) is 24.4. The van der Waals surface area contributed by atoms with Crippen LogP contribution in [0.15, 0.2) is 53.4 Å². The molecule has 2 aromatic rings. The predicted octanol–water partition coefficient (Wildman–Crippen LogP) is 3.11. The lowest BCUT2D eigenvalue weighted by molar-refractivity contribution is -0.124. The van der Waals surface area contributed by atoms with Crippen LogP contribution in [0.3, 0.4) is 0 Å². The van der Waals surface area contributed by atoms with E-state index in [1.807, 2.05) is 24.3 Å². The molecule has 0 spiro atoms. The van der Waals surface area contributed by atoms with Crippen molar-refractivity contribution in [3.8, 4) is 5.75 Å². The third kappa shape index (κ3) is 6.14. The third-order valence-corrected chi connectivity index (χ3v) is 4.19. The van der Waals surface area contributed by atoms with E-state index in [0.29, 0.717) is 17.3 Å². The zero-order valence-corrected chi connectivity index (χ0v) is 14.3. The van der Waals surface area contributed by atoms with Crippen molar-refractivity contribution in [1.29, 1.82) is 0 Å². The highest BCUT2D eigenvalue weighted by atomic mass is 35.5. The van der Waals surface area contributed by atoms with Crippen LogP contribution in [0.4, 0.5) is 0 Å². The highest BCUT2D eigenvalue weighted by Crippen LogP contribution is 2.19. The van der Waals surface area contributed by atoms with Crippen LogP contribution in [0.25, 0.3) is 0 Å². The summed E-state index contributed by atoms with van der Waals surface area (Å²) < 4.78 is 4.89. The molecule has 5 nitrogen and oxygen atoms in total. The molecule has 2 N–H and O–H groups in total. The number of phenolic OH excluding ortho intramolecular Hbond substituents is 1. The number of halogens is 1. The molecule has 0 aliphatic rings. The lowest BCUT2D eigenvalue weighted by atomic mass is 10.2. The molecule has 2 aromatic carbocycles. The molecule has 0 heterocycles. The summed E-state index contributed by atoms with van der Waals surface area (Å²) in [6.45, 7) is 0.0932. The number of phenols is 1. The number of esters is 1. The second-order valence-electron chi connectivity index (χ2n) is 4.78. The van der Waals surface area contributed by atoms with E-state index < -0.39 is 5.97 Å². The van der Waals surface area contributed by atoms with Crippen LogP contribution >= 0.6 is 23.4 Å². The highest BCUT2D eigenvalue weighted by molar-refractivity contribution is 7.99. The lowest BCUT2D eigenvalue weighted by Crippen LogP contribution is -2.30. The third-order valence-electron chi connectivity index (χ3n) is 2.92. The number of benzene rings is 2. The Hall–Kier alpha value is -2.18. The number of carbonyl (C=O) groups is 2. The van der Waals surface area contributed by atoms with E-state index in [0.717, 1.165) is 4.90 Å². The Balaban J connectivity index is 1.64. The minimum absolute atomic E-state index is 0.0341. The first-order valence-corrected chi connectivity index (χ1v) is 8.52. The summed E-state index contributed by atoms with van der Waals surface area (Å²) in [5.41, 5.74) is 0.195. The fourth-order valence-corrected chi connectivity index (χ4v) is 2.68. The van der Waals surface area contributed by atoms with Gasteiger partial charge in [-0.2, -0.15) is 0 Å². The number of ether oxygens (including phenoxy) is 1. The van der Waals surface area contributed by atoms with Gasteiger partial charge in [-0.1, -0.05) is 17.7 Å². The summed E-state index contributed by atoms with van der Waals surface area (Å²) in [6, 6.07) is 13.2. The number of rotatable bonds is 7. The van der Waals surface area contributed by atoms with E-state index in [1.165, 1.54) is 24.3 Å². The van der Waals surface area contributed by atoms with Crippen LogP contribution in [0.2, 0.25) is 5.02 Å². The summed E-state index contributed by atoms with van der Waals surface area (Å²) in [6.07, 6.45) is 0. The molecule has 2 rings (SSSR count). The number of amides is 1. The molecule has 126 valence electrons. The molecule has 0 aliphatic carbocycles. The molecule has 0 aliphatic heterocycles. The van der Waals surface area contributed by atoms with Crippen LogP contribution in [-0.2, 0) is 9.53 Å². The summed E-state index contributed by atoms with van der Waals surface area (Å²) in [5.74, 6) is -0.377. The van der Waals surface area contributed by atoms with E-state index >= 15 is 0 Å². The maximum absolute atomic E-state index is 11.7. The lowest BCUT2D eigenvalue weighted by Gasteiger charge is -2.07. The molecular weight excluding hydrogens is 350 g/mol. The van der Waals surface area contributed by atoms with Gasteiger partial charge in [0.1, 0.15) is 5.75 Å². The number of aromatic hydroxyl groups is 1. The van der Waals surface area contributed by atoms with Gasteiger partial charge in [0.25, 0.3) is 5.91 Å². The summed E-state index contributed by atoms with van der Waals surface area (Å²) in [5, 5.41) is 12.6. The van der Waals surface area contributed by atoms with E-state index in [1.54, 1.807) is 11.8 Å². The van der Waals surface area contributed by atoms with Crippen LogP contribution in [-0.4, -0.2) is 35.9 Å². The first-order chi connectivity index (χ1) is 11.5. The van der Waals surface area contributed by atoms with E-state index in [-0.39, 0.29) is 23.8 Å². The first kappa shape index (κ1) is 18.2. The molecule has 7 heteroatoms. The molecule has 0 aromatic heterocycles. The summed E-state index contributed by atoms with van der Waals surface area (Å²) in [7, 11) is 0. The number of thioether (sulfide) groups is 1. The average molecular weight is 366 g/mol. The van der Waals surface area contributed by atoms with E-state index in [2.05, 4.69) is 5.32 Å². The van der Waals surface area contributed by atoms with Gasteiger partial charge in [-0.3, -0.25) is 4.79 Å². The number of nitrogens with one attached hydrogen (secondary N) is 1. The van der Waals surface area contributed by atoms with Gasteiger partial charge in [0.05, 0.1) is 5.56 Å². The molecule has 0 saturated heterocycles. The Morgan fingerprint density at radius 1 is 1.17 bits per heavy atom. The fraction of sp³-hybridized carbons (Fsp3) is 0.176. The highest BCUT2D eigenvalue weighted by Gasteiger charge is 2.10. The van der Waals surface area contributed by atoms with Gasteiger partial charge in [-0.05, 0) is 42.5 Å². The van der Waals surface area contributed by atoms with Crippen molar-refractivity contribution in [3.63, 3.8) is 0 Å². The number of carbonyl (C=O) groups excluding carboxylic acids is 2. The number of hydrogen-bond acceptors (Lipinski definition) is 5. The Morgan fingerprint density at radius 3 is 2.62 bits per heavy atom. The minimum atomic E-state index is -0.656. The van der Waals surface area contributed by atoms with E-state index in [9.17, 15) is 14.7 Å². The molecule has 0 unspecified atom stereocenters. The largest absolute Gasteiger partial charge is 0.508 e. The Kier molecular flexibility index (Phi) is 6.96. The molecule has 1 amide bonds. The molecule has 0 radical (unpaired) electrons. The van der Waals surface area contributed by atoms with Gasteiger partial charge < -0.3 is 15.2 Å². The zero-order valence-electron chi connectivity index (χ0n) is 12.7. The van der Waals surface area contributed by atoms with Crippen molar-refractivity contribution < 1.29 is 19.4 Å². The van der Waals surface area contributed by atoms with Gasteiger partial charge in [0.15, 0.2) is 6.61 Å². The maximum atomic E-state index is 11.7. The Bertz CT molecular complexity index is 706. The van der Waals surface area contributed by atoms with Crippen molar-refractivity contribution in [1.82, 2.24) is 5.32 Å². The van der Waals surface area contributed by atoms with Gasteiger partial charge in [-0.25, -0.2) is 4.79 Å². The normalized spacial score (nSPS) is 10.2. The van der Waals surface area contributed by atoms with Crippen molar-refractivity contribution in [3.05, 3.63) is 59.1 Å². The second-order valence-corrected chi connectivity index (χ2v) is 6.38. The maximum Gasteiger partial charge on any atom is 0.338 e. The van der Waals surface area contributed by atoms with Crippen LogP contribution < -0.4 is 5.32 Å². The van der Waals surface area contributed by atoms with Crippen molar-refractivity contribution >= 4 is 35.2 Å². The predicted molar refractivity (Wildman–Crippen MR) is 93.6 cm³/mol. The van der Waals surface area contributed by atoms with Crippen LogP contribution in [0.1, 0.15) is 10.4 Å². The average Bonchev–Trinajstić information content (AvgIpc) is 2.58. The van der Waals surface area contributed by atoms with Gasteiger partial charge in [0, 0.05) is 22.2 Å². The van der Waals surface area contributed by atoms with E-state index in [4.69, 9.17) is 16.3 Å². The molecule has 0 bridgehead atoms. The van der Waals surface area contributed by atoms with Crippen LogP contribution in [0.5, 0.6) is 5.75 Å². The Morgan fingerprint density at radius 2 is 1.92 bits per heavy atom.